The lowest BCUT2D eigenvalue weighted by Gasteiger charge is -2.22. The van der Waals surface area contributed by atoms with Gasteiger partial charge in [0, 0.05) is 23.7 Å². The minimum absolute atomic E-state index is 0.0754. The van der Waals surface area contributed by atoms with Gasteiger partial charge in [-0.25, -0.2) is 0 Å². The maximum atomic E-state index is 12.5. The molecular formula is C16H22ClNO5. The van der Waals surface area contributed by atoms with E-state index in [2.05, 4.69) is 0 Å². The van der Waals surface area contributed by atoms with E-state index in [0.29, 0.717) is 23.7 Å². The predicted molar refractivity (Wildman–Crippen MR) is 86.5 cm³/mol. The number of benzene rings is 1. The molecule has 1 rings (SSSR count). The smallest absolute Gasteiger partial charge is 0.307 e. The van der Waals surface area contributed by atoms with Crippen LogP contribution >= 0.6 is 11.6 Å². The summed E-state index contributed by atoms with van der Waals surface area (Å²) in [6.07, 6.45) is 0.118. The molecule has 1 amide bonds. The van der Waals surface area contributed by atoms with Crippen LogP contribution in [-0.4, -0.2) is 61.4 Å². The van der Waals surface area contributed by atoms with Gasteiger partial charge in [-0.05, 0) is 31.2 Å². The van der Waals surface area contributed by atoms with Gasteiger partial charge in [0.25, 0.3) is 5.91 Å². The molecule has 0 aliphatic heterocycles. The van der Waals surface area contributed by atoms with Gasteiger partial charge in [-0.15, -0.1) is 0 Å². The number of rotatable bonds is 10. The summed E-state index contributed by atoms with van der Waals surface area (Å²) in [5, 5.41) is 9.25. The Balaban J connectivity index is 2.66. The van der Waals surface area contributed by atoms with Crippen molar-refractivity contribution in [2.24, 2.45) is 0 Å². The Kier molecular flexibility index (Phi) is 9.28. The molecule has 1 aromatic carbocycles. The van der Waals surface area contributed by atoms with Crippen LogP contribution in [0, 0.1) is 0 Å². The highest BCUT2D eigenvalue weighted by Crippen LogP contribution is 2.12. The van der Waals surface area contributed by atoms with Gasteiger partial charge in [-0.3, -0.25) is 9.59 Å². The topological polar surface area (TPSA) is 76.1 Å². The van der Waals surface area contributed by atoms with Crippen molar-refractivity contribution in [2.45, 2.75) is 13.3 Å². The molecular weight excluding hydrogens is 322 g/mol. The molecule has 7 heteroatoms. The van der Waals surface area contributed by atoms with Crippen molar-refractivity contribution in [1.82, 2.24) is 4.90 Å². The highest BCUT2D eigenvalue weighted by atomic mass is 35.5. The van der Waals surface area contributed by atoms with Crippen molar-refractivity contribution in [3.63, 3.8) is 0 Å². The maximum Gasteiger partial charge on any atom is 0.307 e. The van der Waals surface area contributed by atoms with Crippen molar-refractivity contribution in [3.8, 4) is 0 Å². The number of hydrogen-bond donors (Lipinski definition) is 1. The SMILES string of the molecule is CCOC(=O)CCN(CCOCCO)C(=O)c1ccc(Cl)cc1. The summed E-state index contributed by atoms with van der Waals surface area (Å²) in [5.41, 5.74) is 0.486. The molecule has 0 spiro atoms. The fraction of sp³-hybridized carbons (Fsp3) is 0.500. The molecule has 0 unspecified atom stereocenters. The number of carbonyl (C=O) groups excluding carboxylic acids is 2. The van der Waals surface area contributed by atoms with E-state index in [-0.39, 0.29) is 44.7 Å². The van der Waals surface area contributed by atoms with Gasteiger partial charge in [0.1, 0.15) is 0 Å². The molecule has 1 N–H and O–H groups in total. The van der Waals surface area contributed by atoms with Gasteiger partial charge in [0.2, 0.25) is 0 Å². The lowest BCUT2D eigenvalue weighted by Crippen LogP contribution is -2.36. The van der Waals surface area contributed by atoms with Crippen molar-refractivity contribution in [2.75, 3.05) is 39.5 Å². The average molecular weight is 344 g/mol. The first kappa shape index (κ1) is 19.4. The summed E-state index contributed by atoms with van der Waals surface area (Å²) >= 11 is 5.82. The zero-order valence-electron chi connectivity index (χ0n) is 13.2. The summed E-state index contributed by atoms with van der Waals surface area (Å²) in [5.74, 6) is -0.559. The molecule has 0 aliphatic carbocycles. The molecule has 0 radical (unpaired) electrons. The fourth-order valence-corrected chi connectivity index (χ4v) is 2.02. The minimum atomic E-state index is -0.349. The van der Waals surface area contributed by atoms with Crippen LogP contribution in [0.5, 0.6) is 0 Å². The summed E-state index contributed by atoms with van der Waals surface area (Å²) in [4.78, 5) is 25.5. The number of esters is 1. The lowest BCUT2D eigenvalue weighted by atomic mass is 10.2. The number of carbonyl (C=O) groups is 2. The van der Waals surface area contributed by atoms with Crippen LogP contribution in [0.15, 0.2) is 24.3 Å². The third kappa shape index (κ3) is 7.45. The zero-order chi connectivity index (χ0) is 17.1. The fourth-order valence-electron chi connectivity index (χ4n) is 1.89. The van der Waals surface area contributed by atoms with Gasteiger partial charge in [0.15, 0.2) is 0 Å². The van der Waals surface area contributed by atoms with Crippen LogP contribution < -0.4 is 0 Å². The largest absolute Gasteiger partial charge is 0.466 e. The molecule has 0 fully saturated rings. The van der Waals surface area contributed by atoms with Crippen LogP contribution in [0.3, 0.4) is 0 Å². The molecule has 128 valence electrons. The van der Waals surface area contributed by atoms with E-state index < -0.39 is 0 Å². The Morgan fingerprint density at radius 2 is 1.87 bits per heavy atom. The summed E-state index contributed by atoms with van der Waals surface area (Å²) in [7, 11) is 0. The minimum Gasteiger partial charge on any atom is -0.466 e. The normalized spacial score (nSPS) is 10.4. The molecule has 0 saturated carbocycles. The number of hydrogen-bond acceptors (Lipinski definition) is 5. The van der Waals surface area contributed by atoms with Crippen molar-refractivity contribution in [1.29, 1.82) is 0 Å². The van der Waals surface area contributed by atoms with Crippen molar-refractivity contribution >= 4 is 23.5 Å². The van der Waals surface area contributed by atoms with E-state index >= 15 is 0 Å². The van der Waals surface area contributed by atoms with Crippen LogP contribution in [0.2, 0.25) is 5.02 Å². The van der Waals surface area contributed by atoms with Gasteiger partial charge < -0.3 is 19.5 Å². The van der Waals surface area contributed by atoms with Crippen LogP contribution in [0.1, 0.15) is 23.7 Å². The number of aliphatic hydroxyl groups is 1. The first-order valence-electron chi connectivity index (χ1n) is 7.47. The third-order valence-electron chi connectivity index (χ3n) is 3.01. The molecule has 0 aromatic heterocycles. The summed E-state index contributed by atoms with van der Waals surface area (Å²) in [6.45, 7) is 3.02. The second kappa shape index (κ2) is 11.0. The zero-order valence-corrected chi connectivity index (χ0v) is 13.9. The van der Waals surface area contributed by atoms with E-state index in [1.165, 1.54) is 4.90 Å². The molecule has 23 heavy (non-hydrogen) atoms. The second-order valence-corrected chi connectivity index (χ2v) is 5.13. The first-order chi connectivity index (χ1) is 11.1. The van der Waals surface area contributed by atoms with E-state index in [1.807, 2.05) is 0 Å². The van der Waals surface area contributed by atoms with Crippen molar-refractivity contribution < 1.29 is 24.2 Å². The highest BCUT2D eigenvalue weighted by Gasteiger charge is 2.17. The lowest BCUT2D eigenvalue weighted by molar-refractivity contribution is -0.143. The summed E-state index contributed by atoms with van der Waals surface area (Å²) in [6, 6.07) is 6.55. The monoisotopic (exact) mass is 343 g/mol. The molecule has 0 bridgehead atoms. The Morgan fingerprint density at radius 1 is 1.17 bits per heavy atom. The van der Waals surface area contributed by atoms with Crippen LogP contribution in [0.4, 0.5) is 0 Å². The summed E-state index contributed by atoms with van der Waals surface area (Å²) < 4.78 is 10.1. The second-order valence-electron chi connectivity index (χ2n) is 4.69. The molecule has 0 atom stereocenters. The van der Waals surface area contributed by atoms with Gasteiger partial charge in [-0.1, -0.05) is 11.6 Å². The molecule has 0 heterocycles. The predicted octanol–water partition coefficient (Wildman–Crippen LogP) is 1.74. The van der Waals surface area contributed by atoms with E-state index in [9.17, 15) is 9.59 Å². The number of ether oxygens (including phenoxy) is 2. The molecule has 6 nitrogen and oxygen atoms in total. The van der Waals surface area contributed by atoms with E-state index in [1.54, 1.807) is 31.2 Å². The Morgan fingerprint density at radius 3 is 2.48 bits per heavy atom. The van der Waals surface area contributed by atoms with Crippen molar-refractivity contribution in [3.05, 3.63) is 34.9 Å². The molecule has 1 aromatic rings. The Bertz CT molecular complexity index is 492. The van der Waals surface area contributed by atoms with E-state index in [0.717, 1.165) is 0 Å². The Hall–Kier alpha value is -1.63. The van der Waals surface area contributed by atoms with Gasteiger partial charge in [-0.2, -0.15) is 0 Å². The van der Waals surface area contributed by atoms with Crippen LogP contribution in [-0.2, 0) is 14.3 Å². The maximum absolute atomic E-state index is 12.5. The third-order valence-corrected chi connectivity index (χ3v) is 3.26. The average Bonchev–Trinajstić information content (AvgIpc) is 2.54. The Labute approximate surface area is 140 Å². The van der Waals surface area contributed by atoms with Gasteiger partial charge >= 0.3 is 5.97 Å². The van der Waals surface area contributed by atoms with Gasteiger partial charge in [0.05, 0.1) is 32.8 Å². The molecule has 0 saturated heterocycles. The standard InChI is InChI=1S/C16H22ClNO5/c1-2-23-15(20)7-8-18(9-11-22-12-10-19)16(21)13-3-5-14(17)6-4-13/h3-6,19H,2,7-12H2,1H3. The van der Waals surface area contributed by atoms with Crippen LogP contribution in [0.25, 0.3) is 0 Å². The quantitative estimate of drug-likeness (QED) is 0.517. The number of amides is 1. The number of aliphatic hydroxyl groups excluding tert-OH is 1. The number of nitrogens with zero attached hydrogens (tertiary/aromatic N) is 1. The number of halogens is 1. The first-order valence-corrected chi connectivity index (χ1v) is 7.85. The van der Waals surface area contributed by atoms with E-state index in [4.69, 9.17) is 26.2 Å². The molecule has 0 aliphatic rings. The highest BCUT2D eigenvalue weighted by molar-refractivity contribution is 6.30.